The first-order valence-electron chi connectivity index (χ1n) is 5.19. The van der Waals surface area contributed by atoms with Gasteiger partial charge in [-0.2, -0.15) is 0 Å². The topological polar surface area (TPSA) is 70.5 Å². The van der Waals surface area contributed by atoms with Crippen molar-refractivity contribution in [3.8, 4) is 11.8 Å². The number of aliphatic hydroxyl groups is 1. The Labute approximate surface area is 104 Å². The summed E-state index contributed by atoms with van der Waals surface area (Å²) in [7, 11) is -3.20. The van der Waals surface area contributed by atoms with Crippen LogP contribution in [-0.2, 0) is 10.0 Å². The highest BCUT2D eigenvalue weighted by Gasteiger charge is 2.27. The van der Waals surface area contributed by atoms with Crippen molar-refractivity contribution in [2.24, 2.45) is 0 Å². The average molecular weight is 272 g/mol. The van der Waals surface area contributed by atoms with Crippen LogP contribution in [0, 0.1) is 11.8 Å². The van der Waals surface area contributed by atoms with E-state index in [-0.39, 0.29) is 12.4 Å². The second-order valence-electron chi connectivity index (χ2n) is 3.56. The lowest BCUT2D eigenvalue weighted by Gasteiger charge is -2.25. The number of aromatic nitrogens is 1. The molecule has 1 fully saturated rings. The quantitative estimate of drug-likeness (QED) is 0.752. The van der Waals surface area contributed by atoms with Crippen molar-refractivity contribution >= 4 is 26.5 Å². The molecule has 1 N–H and O–H groups in total. The second kappa shape index (κ2) is 5.04. The first-order valence-corrected chi connectivity index (χ1v) is 7.62. The van der Waals surface area contributed by atoms with Crippen molar-refractivity contribution in [3.05, 3.63) is 11.1 Å². The minimum Gasteiger partial charge on any atom is -0.384 e. The van der Waals surface area contributed by atoms with Gasteiger partial charge in [0, 0.05) is 6.54 Å². The Balaban J connectivity index is 2.25. The predicted octanol–water partition coefficient (Wildman–Crippen LogP) is 0.417. The minimum absolute atomic E-state index is 0.185. The smallest absolute Gasteiger partial charge is 0.236 e. The molecule has 92 valence electrons. The number of hydrogen-bond acceptors (Lipinski definition) is 5. The lowest BCUT2D eigenvalue weighted by atomic mass is 10.3. The molecule has 7 heteroatoms. The van der Waals surface area contributed by atoms with Crippen LogP contribution in [0.4, 0.5) is 5.13 Å². The van der Waals surface area contributed by atoms with Crippen LogP contribution in [0.5, 0.6) is 0 Å². The molecule has 2 rings (SSSR count). The first-order chi connectivity index (χ1) is 8.13. The second-order valence-corrected chi connectivity index (χ2v) is 6.58. The molecule has 0 aliphatic carbocycles. The van der Waals surface area contributed by atoms with Gasteiger partial charge >= 0.3 is 0 Å². The number of rotatable bonds is 1. The maximum Gasteiger partial charge on any atom is 0.236 e. The van der Waals surface area contributed by atoms with E-state index >= 15 is 0 Å². The van der Waals surface area contributed by atoms with Crippen LogP contribution in [0.3, 0.4) is 0 Å². The monoisotopic (exact) mass is 272 g/mol. The molecule has 1 aliphatic rings. The molecule has 0 bridgehead atoms. The third-order valence-electron chi connectivity index (χ3n) is 2.35. The minimum atomic E-state index is -3.20. The summed E-state index contributed by atoms with van der Waals surface area (Å²) in [5.74, 6) is 5.41. The van der Waals surface area contributed by atoms with E-state index < -0.39 is 10.0 Å². The summed E-state index contributed by atoms with van der Waals surface area (Å²) in [6.45, 7) is 0.276. The van der Waals surface area contributed by atoms with Crippen LogP contribution in [-0.4, -0.2) is 37.4 Å². The molecule has 1 saturated heterocycles. The van der Waals surface area contributed by atoms with Gasteiger partial charge < -0.3 is 5.11 Å². The van der Waals surface area contributed by atoms with Gasteiger partial charge in [-0.1, -0.05) is 23.2 Å². The van der Waals surface area contributed by atoms with Crippen LogP contribution in [0.2, 0.25) is 0 Å². The number of sulfonamides is 1. The van der Waals surface area contributed by atoms with E-state index in [1.807, 2.05) is 0 Å². The Morgan fingerprint density at radius 1 is 1.53 bits per heavy atom. The Bertz CT molecular complexity index is 554. The fraction of sp³-hybridized carbons (Fsp3) is 0.500. The molecular weight excluding hydrogens is 260 g/mol. The summed E-state index contributed by atoms with van der Waals surface area (Å²) in [5.41, 5.74) is 0. The Morgan fingerprint density at radius 3 is 3.06 bits per heavy atom. The lowest BCUT2D eigenvalue weighted by Crippen LogP contribution is -2.37. The SMILES string of the molecule is O=S1(=O)CCCCN1c1ncc(C#CCO)s1. The van der Waals surface area contributed by atoms with Crippen LogP contribution in [0.15, 0.2) is 6.20 Å². The van der Waals surface area contributed by atoms with Crippen molar-refractivity contribution < 1.29 is 13.5 Å². The molecule has 0 atom stereocenters. The number of thiazole rings is 1. The lowest BCUT2D eigenvalue weighted by molar-refractivity contribution is 0.350. The molecule has 1 aliphatic heterocycles. The van der Waals surface area contributed by atoms with Gasteiger partial charge in [-0.25, -0.2) is 17.7 Å². The largest absolute Gasteiger partial charge is 0.384 e. The number of nitrogens with zero attached hydrogens (tertiary/aromatic N) is 2. The standard InChI is InChI=1S/C10H12N2O3S2/c13-6-3-4-9-8-11-10(16-9)12-5-1-2-7-17(12,14)15/h8,13H,1-2,5-7H2. The predicted molar refractivity (Wildman–Crippen MR) is 66.4 cm³/mol. The van der Waals surface area contributed by atoms with Crippen LogP contribution in [0.25, 0.3) is 0 Å². The van der Waals surface area contributed by atoms with Crippen molar-refractivity contribution in [2.45, 2.75) is 12.8 Å². The Hall–Kier alpha value is -1.10. The van der Waals surface area contributed by atoms with E-state index in [0.29, 0.717) is 23.0 Å². The van der Waals surface area contributed by atoms with Gasteiger partial charge in [-0.15, -0.1) is 0 Å². The third kappa shape index (κ3) is 2.77. The van der Waals surface area contributed by atoms with E-state index in [9.17, 15) is 8.42 Å². The molecular formula is C10H12N2O3S2. The Kier molecular flexibility index (Phi) is 3.66. The van der Waals surface area contributed by atoms with Crippen molar-refractivity contribution in [1.29, 1.82) is 0 Å². The van der Waals surface area contributed by atoms with Crippen LogP contribution < -0.4 is 4.31 Å². The van der Waals surface area contributed by atoms with Crippen molar-refractivity contribution in [1.82, 2.24) is 4.98 Å². The summed E-state index contributed by atoms with van der Waals surface area (Å²) >= 11 is 1.23. The molecule has 0 amide bonds. The zero-order valence-corrected chi connectivity index (χ0v) is 10.7. The van der Waals surface area contributed by atoms with Gasteiger partial charge in [-0.3, -0.25) is 0 Å². The molecule has 0 spiro atoms. The normalized spacial score (nSPS) is 18.5. The van der Waals surface area contributed by atoms with Crippen molar-refractivity contribution in [3.63, 3.8) is 0 Å². The van der Waals surface area contributed by atoms with Crippen LogP contribution >= 0.6 is 11.3 Å². The third-order valence-corrected chi connectivity index (χ3v) is 5.23. The summed E-state index contributed by atoms with van der Waals surface area (Å²) in [5, 5.41) is 9.04. The molecule has 0 aromatic carbocycles. The maximum absolute atomic E-state index is 11.8. The number of aliphatic hydroxyl groups excluding tert-OH is 1. The van der Waals surface area contributed by atoms with Crippen LogP contribution in [0.1, 0.15) is 17.7 Å². The summed E-state index contributed by atoms with van der Waals surface area (Å²) in [6, 6.07) is 0. The highest BCUT2D eigenvalue weighted by atomic mass is 32.2. The first kappa shape index (κ1) is 12.4. The molecule has 5 nitrogen and oxygen atoms in total. The molecule has 1 aromatic rings. The van der Waals surface area contributed by atoms with Gasteiger partial charge in [-0.05, 0) is 12.8 Å². The van der Waals surface area contributed by atoms with Gasteiger partial charge in [0.05, 0.1) is 16.8 Å². The summed E-state index contributed by atoms with van der Waals surface area (Å²) in [4.78, 5) is 4.73. The molecule has 1 aromatic heterocycles. The summed E-state index contributed by atoms with van der Waals surface area (Å²) in [6.07, 6.45) is 3.10. The zero-order valence-electron chi connectivity index (χ0n) is 9.09. The van der Waals surface area contributed by atoms with Crippen molar-refractivity contribution in [2.75, 3.05) is 23.2 Å². The zero-order chi connectivity index (χ0) is 12.3. The molecule has 0 radical (unpaired) electrons. The van der Waals surface area contributed by atoms with E-state index in [0.717, 1.165) is 6.42 Å². The van der Waals surface area contributed by atoms with Gasteiger partial charge in [0.15, 0.2) is 5.13 Å². The average Bonchev–Trinajstić information content (AvgIpc) is 2.74. The molecule has 2 heterocycles. The number of hydrogen-bond donors (Lipinski definition) is 1. The van der Waals surface area contributed by atoms with Gasteiger partial charge in [0.2, 0.25) is 10.0 Å². The van der Waals surface area contributed by atoms with E-state index in [1.54, 1.807) is 0 Å². The van der Waals surface area contributed by atoms with E-state index in [4.69, 9.17) is 5.11 Å². The van der Waals surface area contributed by atoms with Gasteiger partial charge in [0.25, 0.3) is 0 Å². The fourth-order valence-electron chi connectivity index (χ4n) is 1.57. The highest BCUT2D eigenvalue weighted by molar-refractivity contribution is 7.93. The molecule has 0 unspecified atom stereocenters. The molecule has 0 saturated carbocycles. The highest BCUT2D eigenvalue weighted by Crippen LogP contribution is 2.27. The number of anilines is 1. The Morgan fingerprint density at radius 2 is 2.35 bits per heavy atom. The summed E-state index contributed by atoms with van der Waals surface area (Å²) < 4.78 is 25.0. The van der Waals surface area contributed by atoms with E-state index in [1.165, 1.54) is 21.8 Å². The van der Waals surface area contributed by atoms with Gasteiger partial charge in [0.1, 0.15) is 6.61 Å². The maximum atomic E-state index is 11.8. The fourth-order valence-corrected chi connectivity index (χ4v) is 4.23. The van der Waals surface area contributed by atoms with E-state index in [2.05, 4.69) is 16.8 Å². The molecule has 17 heavy (non-hydrogen) atoms.